The summed E-state index contributed by atoms with van der Waals surface area (Å²) in [4.78, 5) is 24.4. The zero-order chi connectivity index (χ0) is 21.6. The van der Waals surface area contributed by atoms with E-state index < -0.39 is 18.0 Å². The van der Waals surface area contributed by atoms with Crippen LogP contribution in [0, 0.1) is 0 Å². The Labute approximate surface area is 183 Å². The van der Waals surface area contributed by atoms with Crippen molar-refractivity contribution in [3.63, 3.8) is 0 Å². The van der Waals surface area contributed by atoms with Crippen LogP contribution in [-0.2, 0) is 4.79 Å². The molecule has 0 bridgehead atoms. The lowest BCUT2D eigenvalue weighted by molar-refractivity contribution is -0.130. The molecule has 1 amide bonds. The molecular formula is C23H17ClN2O5. The van der Waals surface area contributed by atoms with E-state index in [0.29, 0.717) is 33.4 Å². The summed E-state index contributed by atoms with van der Waals surface area (Å²) in [7, 11) is 0. The molecule has 0 aliphatic carbocycles. The zero-order valence-electron chi connectivity index (χ0n) is 16.2. The number of hydrogen-bond donors (Lipinski definition) is 1. The molecule has 0 unspecified atom stereocenters. The van der Waals surface area contributed by atoms with Gasteiger partial charge in [0, 0.05) is 5.02 Å². The van der Waals surface area contributed by atoms with Crippen LogP contribution in [0.5, 0.6) is 17.2 Å². The van der Waals surface area contributed by atoms with E-state index in [4.69, 9.17) is 25.8 Å². The van der Waals surface area contributed by atoms with Gasteiger partial charge in [0.1, 0.15) is 12.4 Å². The Bertz CT molecular complexity index is 1110. The van der Waals surface area contributed by atoms with Crippen LogP contribution in [0.2, 0.25) is 5.02 Å². The Morgan fingerprint density at radius 2 is 1.71 bits per heavy atom. The van der Waals surface area contributed by atoms with Crippen molar-refractivity contribution in [2.24, 2.45) is 5.10 Å². The van der Waals surface area contributed by atoms with E-state index in [0.717, 1.165) is 0 Å². The normalized spacial score (nSPS) is 14.8. The van der Waals surface area contributed by atoms with E-state index >= 15 is 0 Å². The summed E-state index contributed by atoms with van der Waals surface area (Å²) in [5.41, 5.74) is 3.54. The number of esters is 1. The second-order valence-electron chi connectivity index (χ2n) is 6.56. The zero-order valence-corrected chi connectivity index (χ0v) is 16.9. The molecule has 31 heavy (non-hydrogen) atoms. The van der Waals surface area contributed by atoms with Crippen molar-refractivity contribution in [2.75, 3.05) is 6.61 Å². The van der Waals surface area contributed by atoms with Crippen LogP contribution in [0.3, 0.4) is 0 Å². The second kappa shape index (κ2) is 9.32. The van der Waals surface area contributed by atoms with Crippen molar-refractivity contribution < 1.29 is 23.8 Å². The first kappa shape index (κ1) is 20.4. The third kappa shape index (κ3) is 5.21. The molecule has 7 nitrogen and oxygen atoms in total. The molecule has 1 heterocycles. The number of para-hydroxylation sites is 2. The molecule has 8 heteroatoms. The summed E-state index contributed by atoms with van der Waals surface area (Å²) in [5, 5.41) is 4.48. The number of rotatable bonds is 5. The summed E-state index contributed by atoms with van der Waals surface area (Å²) < 4.78 is 16.5. The quantitative estimate of drug-likeness (QED) is 0.284. The molecule has 0 saturated carbocycles. The topological polar surface area (TPSA) is 86.2 Å². The number of carbonyl (C=O) groups excluding carboxylic acids is 2. The highest BCUT2D eigenvalue weighted by atomic mass is 35.5. The minimum atomic E-state index is -0.790. The number of halogens is 1. The number of ether oxygens (including phenoxy) is 3. The largest absolute Gasteiger partial charge is 0.485 e. The highest BCUT2D eigenvalue weighted by Gasteiger charge is 2.26. The van der Waals surface area contributed by atoms with Gasteiger partial charge >= 0.3 is 5.97 Å². The standard InChI is InChI=1S/C23H17ClN2O5/c24-17-9-7-16(8-10-17)23(28)30-18-11-5-15(6-12-18)13-25-26-22(27)21-14-29-19-3-1-2-4-20(19)31-21/h1-13,21H,14H2,(H,26,27)/b25-13+/t21-/m1/s1. The number of amides is 1. The molecule has 0 fully saturated rings. The first-order valence-electron chi connectivity index (χ1n) is 9.38. The number of hydrazone groups is 1. The van der Waals surface area contributed by atoms with Crippen LogP contribution in [-0.4, -0.2) is 30.8 Å². The highest BCUT2D eigenvalue weighted by Crippen LogP contribution is 2.30. The summed E-state index contributed by atoms with van der Waals surface area (Å²) in [6.07, 6.45) is 0.682. The van der Waals surface area contributed by atoms with Gasteiger partial charge in [0.25, 0.3) is 5.91 Å². The van der Waals surface area contributed by atoms with Crippen molar-refractivity contribution in [3.05, 3.63) is 88.9 Å². The average molecular weight is 437 g/mol. The predicted octanol–water partition coefficient (Wildman–Crippen LogP) is 3.85. The Morgan fingerprint density at radius 1 is 1.00 bits per heavy atom. The number of benzene rings is 3. The number of nitrogens with zero attached hydrogens (tertiary/aromatic N) is 1. The van der Waals surface area contributed by atoms with E-state index in [1.54, 1.807) is 66.7 Å². The van der Waals surface area contributed by atoms with Crippen molar-refractivity contribution in [1.29, 1.82) is 0 Å². The first-order valence-corrected chi connectivity index (χ1v) is 9.75. The minimum absolute atomic E-state index is 0.103. The average Bonchev–Trinajstić information content (AvgIpc) is 2.80. The summed E-state index contributed by atoms with van der Waals surface area (Å²) in [5.74, 6) is 0.599. The fraction of sp³-hybridized carbons (Fsp3) is 0.0870. The smallest absolute Gasteiger partial charge is 0.343 e. The maximum atomic E-state index is 12.2. The molecule has 0 saturated heterocycles. The van der Waals surface area contributed by atoms with Gasteiger partial charge in [-0.1, -0.05) is 23.7 Å². The van der Waals surface area contributed by atoms with E-state index in [1.807, 2.05) is 6.07 Å². The maximum absolute atomic E-state index is 12.2. The van der Waals surface area contributed by atoms with Gasteiger partial charge in [0.15, 0.2) is 11.5 Å². The lowest BCUT2D eigenvalue weighted by Crippen LogP contribution is -2.42. The fourth-order valence-electron chi connectivity index (χ4n) is 2.77. The lowest BCUT2D eigenvalue weighted by Gasteiger charge is -2.24. The van der Waals surface area contributed by atoms with Crippen molar-refractivity contribution in [3.8, 4) is 17.2 Å². The molecule has 0 aromatic heterocycles. The van der Waals surface area contributed by atoms with Crippen LogP contribution in [0.4, 0.5) is 0 Å². The molecule has 1 aliphatic heterocycles. The van der Waals surface area contributed by atoms with Gasteiger partial charge < -0.3 is 14.2 Å². The monoisotopic (exact) mass is 436 g/mol. The summed E-state index contributed by atoms with van der Waals surface area (Å²) in [6, 6.07) is 20.2. The van der Waals surface area contributed by atoms with Gasteiger partial charge in [-0.05, 0) is 66.2 Å². The van der Waals surface area contributed by atoms with E-state index in [9.17, 15) is 9.59 Å². The molecule has 0 radical (unpaired) electrons. The molecule has 1 N–H and O–H groups in total. The SMILES string of the molecule is O=C(Oc1ccc(/C=N/NC(=O)[C@H]2COc3ccccc3O2)cc1)c1ccc(Cl)cc1. The van der Waals surface area contributed by atoms with Gasteiger partial charge in [-0.2, -0.15) is 5.10 Å². The molecule has 1 atom stereocenters. The van der Waals surface area contributed by atoms with E-state index in [1.165, 1.54) is 6.21 Å². The second-order valence-corrected chi connectivity index (χ2v) is 7.00. The van der Waals surface area contributed by atoms with Gasteiger partial charge in [-0.3, -0.25) is 4.79 Å². The Morgan fingerprint density at radius 3 is 2.45 bits per heavy atom. The molecule has 3 aromatic carbocycles. The van der Waals surface area contributed by atoms with Crippen LogP contribution < -0.4 is 19.6 Å². The lowest BCUT2D eigenvalue weighted by atomic mass is 10.2. The van der Waals surface area contributed by atoms with Crippen molar-refractivity contribution >= 4 is 29.7 Å². The Kier molecular flexibility index (Phi) is 6.14. The first-order chi connectivity index (χ1) is 15.1. The maximum Gasteiger partial charge on any atom is 0.343 e. The Balaban J connectivity index is 1.29. The van der Waals surface area contributed by atoms with Gasteiger partial charge in [-0.15, -0.1) is 0 Å². The van der Waals surface area contributed by atoms with Crippen LogP contribution in [0.15, 0.2) is 77.9 Å². The van der Waals surface area contributed by atoms with E-state index in [2.05, 4.69) is 10.5 Å². The highest BCUT2D eigenvalue weighted by molar-refractivity contribution is 6.30. The van der Waals surface area contributed by atoms with E-state index in [-0.39, 0.29) is 6.61 Å². The molecule has 3 aromatic rings. The predicted molar refractivity (Wildman–Crippen MR) is 115 cm³/mol. The molecule has 4 rings (SSSR count). The summed E-state index contributed by atoms with van der Waals surface area (Å²) in [6.45, 7) is 0.103. The number of hydrogen-bond acceptors (Lipinski definition) is 6. The fourth-order valence-corrected chi connectivity index (χ4v) is 2.89. The molecule has 156 valence electrons. The Hall–Kier alpha value is -3.84. The number of nitrogens with one attached hydrogen (secondary N) is 1. The van der Waals surface area contributed by atoms with Gasteiger partial charge in [-0.25, -0.2) is 10.2 Å². The number of carbonyl (C=O) groups is 2. The third-order valence-electron chi connectivity index (χ3n) is 4.36. The summed E-state index contributed by atoms with van der Waals surface area (Å²) >= 11 is 5.82. The number of fused-ring (bicyclic) bond motifs is 1. The third-order valence-corrected chi connectivity index (χ3v) is 4.61. The van der Waals surface area contributed by atoms with Gasteiger partial charge in [0.2, 0.25) is 6.10 Å². The van der Waals surface area contributed by atoms with Crippen molar-refractivity contribution in [2.45, 2.75) is 6.10 Å². The van der Waals surface area contributed by atoms with Gasteiger partial charge in [0.05, 0.1) is 11.8 Å². The molecule has 1 aliphatic rings. The molecular weight excluding hydrogens is 420 g/mol. The minimum Gasteiger partial charge on any atom is -0.485 e. The molecule has 0 spiro atoms. The van der Waals surface area contributed by atoms with Crippen LogP contribution in [0.1, 0.15) is 15.9 Å². The van der Waals surface area contributed by atoms with Crippen LogP contribution >= 0.6 is 11.6 Å². The van der Waals surface area contributed by atoms with Crippen LogP contribution in [0.25, 0.3) is 0 Å². The van der Waals surface area contributed by atoms with Crippen molar-refractivity contribution in [1.82, 2.24) is 5.43 Å².